The van der Waals surface area contributed by atoms with E-state index in [0.29, 0.717) is 23.5 Å². The van der Waals surface area contributed by atoms with Gasteiger partial charge in [-0.2, -0.15) is 0 Å². The molecule has 4 rings (SSSR count). The van der Waals surface area contributed by atoms with Gasteiger partial charge in [0.05, 0.1) is 20.9 Å². The second-order valence-electron chi connectivity index (χ2n) is 5.98. The molecule has 1 aliphatic rings. The van der Waals surface area contributed by atoms with E-state index < -0.39 is 0 Å². The molecule has 7 heteroatoms. The van der Waals surface area contributed by atoms with Crippen LogP contribution >= 0.6 is 11.3 Å². The van der Waals surface area contributed by atoms with Crippen molar-refractivity contribution in [2.75, 3.05) is 18.5 Å². The summed E-state index contributed by atoms with van der Waals surface area (Å²) in [6.45, 7) is 0.568. The van der Waals surface area contributed by atoms with Crippen molar-refractivity contribution in [2.45, 2.75) is 12.8 Å². The quantitative estimate of drug-likeness (QED) is 0.680. The van der Waals surface area contributed by atoms with E-state index in [1.165, 1.54) is 4.70 Å². The molecular weight excluding hydrogens is 350 g/mol. The fourth-order valence-electron chi connectivity index (χ4n) is 2.79. The van der Waals surface area contributed by atoms with Gasteiger partial charge < -0.3 is 15.4 Å². The third kappa shape index (κ3) is 3.52. The van der Waals surface area contributed by atoms with E-state index >= 15 is 0 Å². The molecule has 2 heterocycles. The number of amides is 2. The van der Waals surface area contributed by atoms with Crippen LogP contribution in [0.25, 0.3) is 10.2 Å². The summed E-state index contributed by atoms with van der Waals surface area (Å²) in [4.78, 5) is 28.3. The summed E-state index contributed by atoms with van der Waals surface area (Å²) in [5, 5.41) is 6.69. The van der Waals surface area contributed by atoms with Crippen LogP contribution in [-0.4, -0.2) is 29.9 Å². The number of aryl methyl sites for hydroxylation is 1. The molecule has 0 saturated heterocycles. The van der Waals surface area contributed by atoms with E-state index in [2.05, 4.69) is 21.7 Å². The van der Waals surface area contributed by atoms with Crippen LogP contribution in [0.1, 0.15) is 21.8 Å². The maximum atomic E-state index is 12.3. The Kier molecular flexibility index (Phi) is 4.53. The van der Waals surface area contributed by atoms with E-state index in [0.717, 1.165) is 23.4 Å². The Bertz CT molecular complexity index is 950. The van der Waals surface area contributed by atoms with Crippen molar-refractivity contribution in [3.8, 4) is 5.75 Å². The highest BCUT2D eigenvalue weighted by Crippen LogP contribution is 2.28. The molecule has 1 aromatic heterocycles. The highest BCUT2D eigenvalue weighted by molar-refractivity contribution is 7.18. The van der Waals surface area contributed by atoms with E-state index in [4.69, 9.17) is 4.74 Å². The van der Waals surface area contributed by atoms with Crippen molar-refractivity contribution < 1.29 is 14.3 Å². The molecule has 0 radical (unpaired) electrons. The average Bonchev–Trinajstić information content (AvgIpc) is 3.07. The molecule has 0 unspecified atom stereocenters. The number of para-hydroxylation sites is 1. The minimum atomic E-state index is -0.217. The Morgan fingerprint density at radius 1 is 1.27 bits per heavy atom. The minimum Gasteiger partial charge on any atom is -0.482 e. The number of ether oxygens (including phenoxy) is 1. The largest absolute Gasteiger partial charge is 0.482 e. The molecule has 6 nitrogen and oxygen atoms in total. The number of rotatable bonds is 5. The van der Waals surface area contributed by atoms with Gasteiger partial charge >= 0.3 is 0 Å². The van der Waals surface area contributed by atoms with Gasteiger partial charge in [0.2, 0.25) is 0 Å². The Labute approximate surface area is 154 Å². The topological polar surface area (TPSA) is 80.3 Å². The first-order valence-electron chi connectivity index (χ1n) is 8.38. The van der Waals surface area contributed by atoms with Crippen molar-refractivity contribution in [3.05, 3.63) is 53.0 Å². The summed E-state index contributed by atoms with van der Waals surface area (Å²) < 4.78 is 6.48. The molecule has 3 aromatic rings. The SMILES string of the molecule is O=C1COc2ccc(C(=O)NCCCc3nc4ccccc4s3)cc2N1. The summed E-state index contributed by atoms with van der Waals surface area (Å²) in [5.41, 5.74) is 2.05. The van der Waals surface area contributed by atoms with Gasteiger partial charge in [-0.05, 0) is 36.8 Å². The molecule has 0 saturated carbocycles. The van der Waals surface area contributed by atoms with E-state index in [1.54, 1.807) is 29.5 Å². The van der Waals surface area contributed by atoms with Gasteiger partial charge in [-0.25, -0.2) is 4.98 Å². The number of thiazole rings is 1. The molecule has 0 spiro atoms. The van der Waals surface area contributed by atoms with Crippen LogP contribution in [0.15, 0.2) is 42.5 Å². The second-order valence-corrected chi connectivity index (χ2v) is 7.10. The van der Waals surface area contributed by atoms with E-state index in [1.807, 2.05) is 18.2 Å². The Morgan fingerprint density at radius 2 is 2.15 bits per heavy atom. The van der Waals surface area contributed by atoms with Crippen LogP contribution in [0, 0.1) is 0 Å². The van der Waals surface area contributed by atoms with Crippen molar-refractivity contribution in [3.63, 3.8) is 0 Å². The predicted molar refractivity (Wildman–Crippen MR) is 101 cm³/mol. The van der Waals surface area contributed by atoms with Crippen LogP contribution in [0.5, 0.6) is 5.75 Å². The lowest BCUT2D eigenvalue weighted by Crippen LogP contribution is -2.27. The van der Waals surface area contributed by atoms with Crippen LogP contribution < -0.4 is 15.4 Å². The number of carbonyl (C=O) groups excluding carboxylic acids is 2. The van der Waals surface area contributed by atoms with Gasteiger partial charge in [0.15, 0.2) is 6.61 Å². The summed E-state index contributed by atoms with van der Waals surface area (Å²) >= 11 is 1.69. The zero-order valence-electron chi connectivity index (χ0n) is 14.0. The molecule has 26 heavy (non-hydrogen) atoms. The van der Waals surface area contributed by atoms with Gasteiger partial charge in [0, 0.05) is 18.5 Å². The summed E-state index contributed by atoms with van der Waals surface area (Å²) in [6.07, 6.45) is 1.64. The number of aromatic nitrogens is 1. The van der Waals surface area contributed by atoms with Gasteiger partial charge in [0.1, 0.15) is 5.75 Å². The van der Waals surface area contributed by atoms with E-state index in [-0.39, 0.29) is 18.4 Å². The molecule has 2 aromatic carbocycles. The van der Waals surface area contributed by atoms with Gasteiger partial charge in [-0.1, -0.05) is 12.1 Å². The molecular formula is C19H17N3O3S. The third-order valence-corrected chi connectivity index (χ3v) is 5.16. The maximum Gasteiger partial charge on any atom is 0.262 e. The molecule has 0 aliphatic carbocycles. The van der Waals surface area contributed by atoms with Crippen molar-refractivity contribution in [2.24, 2.45) is 0 Å². The van der Waals surface area contributed by atoms with Gasteiger partial charge in [-0.15, -0.1) is 11.3 Å². The zero-order chi connectivity index (χ0) is 17.9. The fourth-order valence-corrected chi connectivity index (χ4v) is 3.80. The highest BCUT2D eigenvalue weighted by atomic mass is 32.1. The number of anilines is 1. The standard InChI is InChI=1S/C19H17N3O3S/c23-17-11-25-15-8-7-12(10-14(15)21-17)19(24)20-9-3-6-18-22-13-4-1-2-5-16(13)26-18/h1-2,4-5,7-8,10H,3,6,9,11H2,(H,20,24)(H,21,23). The number of hydrogen-bond acceptors (Lipinski definition) is 5. The zero-order valence-corrected chi connectivity index (χ0v) is 14.8. The summed E-state index contributed by atoms with van der Waals surface area (Å²) in [7, 11) is 0. The van der Waals surface area contributed by atoms with Crippen LogP contribution in [0.4, 0.5) is 5.69 Å². The molecule has 2 N–H and O–H groups in total. The smallest absolute Gasteiger partial charge is 0.262 e. The average molecular weight is 367 g/mol. The lowest BCUT2D eigenvalue weighted by Gasteiger charge is -2.18. The predicted octanol–water partition coefficient (Wildman–Crippen LogP) is 2.99. The number of fused-ring (bicyclic) bond motifs is 2. The second kappa shape index (κ2) is 7.13. The Hall–Kier alpha value is -2.93. The van der Waals surface area contributed by atoms with Gasteiger partial charge in [-0.3, -0.25) is 9.59 Å². The molecule has 0 atom stereocenters. The van der Waals surface area contributed by atoms with Crippen molar-refractivity contribution >= 4 is 39.1 Å². The number of nitrogens with one attached hydrogen (secondary N) is 2. The Balaban J connectivity index is 1.31. The monoisotopic (exact) mass is 367 g/mol. The highest BCUT2D eigenvalue weighted by Gasteiger charge is 2.17. The van der Waals surface area contributed by atoms with Crippen LogP contribution in [-0.2, 0) is 11.2 Å². The molecule has 0 fully saturated rings. The molecule has 1 aliphatic heterocycles. The maximum absolute atomic E-state index is 12.3. The van der Waals surface area contributed by atoms with Crippen molar-refractivity contribution in [1.82, 2.24) is 10.3 Å². The van der Waals surface area contributed by atoms with Gasteiger partial charge in [0.25, 0.3) is 11.8 Å². The number of carbonyl (C=O) groups is 2. The summed E-state index contributed by atoms with van der Waals surface area (Å²) in [5.74, 6) is 0.194. The number of hydrogen-bond donors (Lipinski definition) is 2. The molecule has 2 amide bonds. The number of nitrogens with zero attached hydrogens (tertiary/aromatic N) is 1. The van der Waals surface area contributed by atoms with Crippen molar-refractivity contribution in [1.29, 1.82) is 0 Å². The minimum absolute atomic E-state index is 0.00428. The normalized spacial score (nSPS) is 13.0. The first kappa shape index (κ1) is 16.5. The lowest BCUT2D eigenvalue weighted by atomic mass is 10.1. The number of benzene rings is 2. The first-order chi connectivity index (χ1) is 12.7. The Morgan fingerprint density at radius 3 is 3.04 bits per heavy atom. The lowest BCUT2D eigenvalue weighted by molar-refractivity contribution is -0.118. The first-order valence-corrected chi connectivity index (χ1v) is 9.20. The van der Waals surface area contributed by atoms with Crippen LogP contribution in [0.2, 0.25) is 0 Å². The fraction of sp³-hybridized carbons (Fsp3) is 0.211. The third-order valence-electron chi connectivity index (χ3n) is 4.07. The molecule has 132 valence electrons. The van der Waals surface area contributed by atoms with E-state index in [9.17, 15) is 9.59 Å². The summed E-state index contributed by atoms with van der Waals surface area (Å²) in [6, 6.07) is 13.1. The molecule has 0 bridgehead atoms. The van der Waals surface area contributed by atoms with Crippen LogP contribution in [0.3, 0.4) is 0 Å².